The van der Waals surface area contributed by atoms with Gasteiger partial charge in [0.1, 0.15) is 0 Å². The summed E-state index contributed by atoms with van der Waals surface area (Å²) in [4.78, 5) is 4.69. The Balaban J connectivity index is 1.95. The molecule has 1 heterocycles. The monoisotopic (exact) mass is 266 g/mol. The van der Waals surface area contributed by atoms with Gasteiger partial charge < -0.3 is 5.32 Å². The highest BCUT2D eigenvalue weighted by atomic mass is 32.1. The number of nitrogens with zero attached hydrogens (tertiary/aromatic N) is 1. The summed E-state index contributed by atoms with van der Waals surface area (Å²) in [6.07, 6.45) is 9.64. The van der Waals surface area contributed by atoms with Crippen LogP contribution in [0.3, 0.4) is 0 Å². The van der Waals surface area contributed by atoms with Crippen LogP contribution in [0.2, 0.25) is 0 Å². The number of rotatable bonds is 6. The van der Waals surface area contributed by atoms with E-state index in [9.17, 15) is 0 Å². The molecule has 1 aliphatic rings. The summed E-state index contributed by atoms with van der Waals surface area (Å²) in [5.74, 6) is 0.912. The van der Waals surface area contributed by atoms with Gasteiger partial charge >= 0.3 is 0 Å². The lowest BCUT2D eigenvalue weighted by Crippen LogP contribution is -2.25. The summed E-state index contributed by atoms with van der Waals surface area (Å²) in [6.45, 7) is 5.44. The zero-order valence-electron chi connectivity index (χ0n) is 11.7. The van der Waals surface area contributed by atoms with E-state index in [0.717, 1.165) is 12.5 Å². The predicted molar refractivity (Wildman–Crippen MR) is 79.1 cm³/mol. The normalized spacial score (nSPS) is 19.0. The van der Waals surface area contributed by atoms with Gasteiger partial charge in [-0.3, -0.25) is 0 Å². The highest BCUT2D eigenvalue weighted by molar-refractivity contribution is 7.09. The second kappa shape index (κ2) is 7.25. The van der Waals surface area contributed by atoms with E-state index in [1.54, 1.807) is 11.3 Å². The number of thiazole rings is 1. The lowest BCUT2D eigenvalue weighted by Gasteiger charge is -2.26. The molecule has 0 aliphatic heterocycles. The van der Waals surface area contributed by atoms with Gasteiger partial charge in [0, 0.05) is 5.38 Å². The van der Waals surface area contributed by atoms with Crippen LogP contribution in [-0.4, -0.2) is 11.5 Å². The molecule has 2 rings (SSSR count). The number of aromatic nitrogens is 1. The Kier molecular flexibility index (Phi) is 5.64. The third-order valence-corrected chi connectivity index (χ3v) is 4.72. The van der Waals surface area contributed by atoms with Crippen LogP contribution >= 0.6 is 11.3 Å². The van der Waals surface area contributed by atoms with Crippen molar-refractivity contribution in [2.24, 2.45) is 5.92 Å². The lowest BCUT2D eigenvalue weighted by atomic mass is 9.84. The quantitative estimate of drug-likeness (QED) is 0.822. The van der Waals surface area contributed by atoms with Crippen LogP contribution in [0.25, 0.3) is 0 Å². The van der Waals surface area contributed by atoms with Crippen molar-refractivity contribution in [1.29, 1.82) is 0 Å². The summed E-state index contributed by atoms with van der Waals surface area (Å²) in [7, 11) is 0. The molecule has 1 aliphatic carbocycles. The van der Waals surface area contributed by atoms with Gasteiger partial charge in [0.05, 0.1) is 16.7 Å². The predicted octanol–water partition coefficient (Wildman–Crippen LogP) is 4.46. The number of hydrogen-bond donors (Lipinski definition) is 1. The van der Waals surface area contributed by atoms with E-state index in [1.165, 1.54) is 55.6 Å². The molecule has 102 valence electrons. The molecule has 0 radical (unpaired) electrons. The minimum Gasteiger partial charge on any atom is -0.309 e. The van der Waals surface area contributed by atoms with E-state index < -0.39 is 0 Å². The smallest absolute Gasteiger partial charge is 0.0898 e. The molecule has 18 heavy (non-hydrogen) atoms. The van der Waals surface area contributed by atoms with Crippen LogP contribution in [0, 0.1) is 12.8 Å². The standard InChI is InChI=1S/C15H26N2S/c1-3-9-16-14(15-11-18-12(2)17-15)10-13-7-5-4-6-8-13/h11,13-14,16H,3-10H2,1-2H3. The second-order valence-electron chi connectivity index (χ2n) is 5.54. The fourth-order valence-corrected chi connectivity index (χ4v) is 3.59. The van der Waals surface area contributed by atoms with Crippen molar-refractivity contribution in [3.8, 4) is 0 Å². The molecule has 1 fully saturated rings. The van der Waals surface area contributed by atoms with Crippen LogP contribution in [-0.2, 0) is 0 Å². The van der Waals surface area contributed by atoms with Gasteiger partial charge in [-0.05, 0) is 32.2 Å². The summed E-state index contributed by atoms with van der Waals surface area (Å²) in [5, 5.41) is 7.12. The van der Waals surface area contributed by atoms with Crippen LogP contribution < -0.4 is 5.32 Å². The molecule has 3 heteroatoms. The van der Waals surface area contributed by atoms with E-state index in [1.807, 2.05) is 0 Å². The molecule has 0 spiro atoms. The molecule has 0 amide bonds. The maximum absolute atomic E-state index is 4.69. The van der Waals surface area contributed by atoms with Crippen molar-refractivity contribution in [3.05, 3.63) is 16.1 Å². The largest absolute Gasteiger partial charge is 0.309 e. The SMILES string of the molecule is CCCNC(CC1CCCCC1)c1csc(C)n1. The van der Waals surface area contributed by atoms with Gasteiger partial charge in [-0.25, -0.2) is 4.98 Å². The first-order valence-electron chi connectivity index (χ1n) is 7.45. The first-order valence-corrected chi connectivity index (χ1v) is 8.33. The minimum atomic E-state index is 0.484. The average Bonchev–Trinajstić information content (AvgIpc) is 2.82. The molecule has 1 N–H and O–H groups in total. The number of aryl methyl sites for hydroxylation is 1. The third-order valence-electron chi connectivity index (χ3n) is 3.93. The van der Waals surface area contributed by atoms with Gasteiger partial charge in [-0.1, -0.05) is 39.0 Å². The molecular weight excluding hydrogens is 240 g/mol. The molecule has 0 saturated heterocycles. The molecule has 1 saturated carbocycles. The van der Waals surface area contributed by atoms with Crippen molar-refractivity contribution >= 4 is 11.3 Å². The number of hydrogen-bond acceptors (Lipinski definition) is 3. The Labute approximate surface area is 115 Å². The fraction of sp³-hybridized carbons (Fsp3) is 0.800. The maximum Gasteiger partial charge on any atom is 0.0898 e. The van der Waals surface area contributed by atoms with Crippen molar-refractivity contribution < 1.29 is 0 Å². The van der Waals surface area contributed by atoms with Gasteiger partial charge in [0.15, 0.2) is 0 Å². The van der Waals surface area contributed by atoms with E-state index in [2.05, 4.69) is 29.5 Å². The summed E-state index contributed by atoms with van der Waals surface area (Å²) in [6, 6.07) is 0.484. The maximum atomic E-state index is 4.69. The average molecular weight is 266 g/mol. The topological polar surface area (TPSA) is 24.9 Å². The van der Waals surface area contributed by atoms with Crippen LogP contribution in [0.4, 0.5) is 0 Å². The van der Waals surface area contributed by atoms with Crippen molar-refractivity contribution in [2.75, 3.05) is 6.54 Å². The van der Waals surface area contributed by atoms with E-state index in [0.29, 0.717) is 6.04 Å². The summed E-state index contributed by atoms with van der Waals surface area (Å²) in [5.41, 5.74) is 1.27. The van der Waals surface area contributed by atoms with Crippen LogP contribution in [0.1, 0.15) is 68.6 Å². The van der Waals surface area contributed by atoms with E-state index in [-0.39, 0.29) is 0 Å². The molecule has 1 aromatic rings. The summed E-state index contributed by atoms with van der Waals surface area (Å²) >= 11 is 1.78. The Morgan fingerprint density at radius 3 is 2.78 bits per heavy atom. The molecule has 1 atom stereocenters. The Morgan fingerprint density at radius 2 is 2.17 bits per heavy atom. The van der Waals surface area contributed by atoms with E-state index in [4.69, 9.17) is 0 Å². The molecular formula is C15H26N2S. The van der Waals surface area contributed by atoms with Gasteiger partial charge in [0.25, 0.3) is 0 Å². The zero-order valence-corrected chi connectivity index (χ0v) is 12.6. The molecule has 1 aromatic heterocycles. The Hall–Kier alpha value is -0.410. The van der Waals surface area contributed by atoms with Gasteiger partial charge in [-0.15, -0.1) is 11.3 Å². The Bertz CT molecular complexity index is 342. The molecule has 0 bridgehead atoms. The highest BCUT2D eigenvalue weighted by Gasteiger charge is 2.21. The van der Waals surface area contributed by atoms with Gasteiger partial charge in [0.2, 0.25) is 0 Å². The van der Waals surface area contributed by atoms with Crippen molar-refractivity contribution in [2.45, 2.75) is 64.8 Å². The number of nitrogens with one attached hydrogen (secondary N) is 1. The fourth-order valence-electron chi connectivity index (χ4n) is 2.92. The zero-order chi connectivity index (χ0) is 12.8. The highest BCUT2D eigenvalue weighted by Crippen LogP contribution is 2.32. The molecule has 0 aromatic carbocycles. The van der Waals surface area contributed by atoms with Gasteiger partial charge in [-0.2, -0.15) is 0 Å². The molecule has 2 nitrogen and oxygen atoms in total. The minimum absolute atomic E-state index is 0.484. The van der Waals surface area contributed by atoms with Crippen LogP contribution in [0.5, 0.6) is 0 Å². The lowest BCUT2D eigenvalue weighted by molar-refractivity contribution is 0.298. The third kappa shape index (κ3) is 4.06. The van der Waals surface area contributed by atoms with Crippen molar-refractivity contribution in [1.82, 2.24) is 10.3 Å². The second-order valence-corrected chi connectivity index (χ2v) is 6.60. The van der Waals surface area contributed by atoms with E-state index >= 15 is 0 Å². The Morgan fingerprint density at radius 1 is 1.39 bits per heavy atom. The first-order chi connectivity index (χ1) is 8.79. The first kappa shape index (κ1) is 14.0. The van der Waals surface area contributed by atoms with Crippen LogP contribution in [0.15, 0.2) is 5.38 Å². The summed E-state index contributed by atoms with van der Waals surface area (Å²) < 4.78 is 0. The molecule has 1 unspecified atom stereocenters. The van der Waals surface area contributed by atoms with Crippen molar-refractivity contribution in [3.63, 3.8) is 0 Å².